The summed E-state index contributed by atoms with van der Waals surface area (Å²) in [5.74, 6) is 1.12. The first kappa shape index (κ1) is 11.3. The zero-order valence-corrected chi connectivity index (χ0v) is 9.26. The Morgan fingerprint density at radius 2 is 2.06 bits per heavy atom. The number of hydrogen-bond acceptors (Lipinski definition) is 5. The highest BCUT2D eigenvalue weighted by Crippen LogP contribution is 2.17. The van der Waals surface area contributed by atoms with Gasteiger partial charge in [0.25, 0.3) is 0 Å². The molecule has 1 aliphatic rings. The van der Waals surface area contributed by atoms with Crippen LogP contribution in [0.1, 0.15) is 18.5 Å². The summed E-state index contributed by atoms with van der Waals surface area (Å²) in [6, 6.07) is 0. The van der Waals surface area contributed by atoms with Crippen LogP contribution in [0.15, 0.2) is 12.4 Å². The zero-order chi connectivity index (χ0) is 11.2. The minimum absolute atomic E-state index is 0.358. The van der Waals surface area contributed by atoms with E-state index in [1.165, 1.54) is 0 Å². The summed E-state index contributed by atoms with van der Waals surface area (Å²) < 4.78 is 11.0. The number of ether oxygens (including phenoxy) is 2. The van der Waals surface area contributed by atoms with Crippen molar-refractivity contribution in [3.8, 4) is 5.88 Å². The monoisotopic (exact) mass is 223 g/mol. The van der Waals surface area contributed by atoms with Crippen LogP contribution in [0.4, 0.5) is 0 Å². The van der Waals surface area contributed by atoms with E-state index >= 15 is 0 Å². The van der Waals surface area contributed by atoms with Crippen LogP contribution in [0.25, 0.3) is 0 Å². The van der Waals surface area contributed by atoms with E-state index < -0.39 is 0 Å². The summed E-state index contributed by atoms with van der Waals surface area (Å²) >= 11 is 0. The molecule has 5 heteroatoms. The Kier molecular flexibility index (Phi) is 4.07. The summed E-state index contributed by atoms with van der Waals surface area (Å²) in [4.78, 5) is 8.26. The minimum atomic E-state index is 0.358. The number of nitrogens with zero attached hydrogens (tertiary/aromatic N) is 2. The zero-order valence-electron chi connectivity index (χ0n) is 9.26. The van der Waals surface area contributed by atoms with Crippen LogP contribution < -0.4 is 10.5 Å². The molecule has 0 aliphatic carbocycles. The lowest BCUT2D eigenvalue weighted by molar-refractivity contribution is 0.0488. The van der Waals surface area contributed by atoms with Gasteiger partial charge in [-0.15, -0.1) is 0 Å². The summed E-state index contributed by atoms with van der Waals surface area (Å²) in [6.07, 6.45) is 5.36. The van der Waals surface area contributed by atoms with E-state index in [1.54, 1.807) is 12.4 Å². The maximum atomic E-state index is 5.66. The van der Waals surface area contributed by atoms with Crippen LogP contribution in [0.2, 0.25) is 0 Å². The largest absolute Gasteiger partial charge is 0.476 e. The van der Waals surface area contributed by atoms with Gasteiger partial charge in [0.05, 0.1) is 6.61 Å². The van der Waals surface area contributed by atoms with Crippen molar-refractivity contribution in [1.29, 1.82) is 0 Å². The van der Waals surface area contributed by atoms with Gasteiger partial charge >= 0.3 is 0 Å². The van der Waals surface area contributed by atoms with Crippen LogP contribution in [-0.2, 0) is 11.3 Å². The highest BCUT2D eigenvalue weighted by molar-refractivity contribution is 5.16. The Bertz CT molecular complexity index is 327. The topological polar surface area (TPSA) is 70.3 Å². The number of aromatic nitrogens is 2. The van der Waals surface area contributed by atoms with Crippen molar-refractivity contribution in [2.24, 2.45) is 11.7 Å². The first-order chi connectivity index (χ1) is 7.90. The summed E-state index contributed by atoms with van der Waals surface area (Å²) in [5.41, 5.74) is 6.27. The number of nitrogens with two attached hydrogens (primary N) is 1. The Labute approximate surface area is 95.0 Å². The minimum Gasteiger partial charge on any atom is -0.476 e. The van der Waals surface area contributed by atoms with Gasteiger partial charge < -0.3 is 15.2 Å². The van der Waals surface area contributed by atoms with E-state index in [-0.39, 0.29) is 0 Å². The standard InChI is InChI=1S/C11H17N3O2/c12-7-10-11(14-4-3-13-10)16-8-9-1-5-15-6-2-9/h3-4,9H,1-2,5-8,12H2. The molecule has 5 nitrogen and oxygen atoms in total. The van der Waals surface area contributed by atoms with Crippen molar-refractivity contribution in [1.82, 2.24) is 9.97 Å². The van der Waals surface area contributed by atoms with E-state index in [1.807, 2.05) is 0 Å². The van der Waals surface area contributed by atoms with Crippen molar-refractivity contribution in [3.63, 3.8) is 0 Å². The van der Waals surface area contributed by atoms with Gasteiger partial charge in [-0.1, -0.05) is 0 Å². The van der Waals surface area contributed by atoms with Crippen LogP contribution in [-0.4, -0.2) is 29.8 Å². The lowest BCUT2D eigenvalue weighted by Crippen LogP contribution is -2.22. The molecule has 2 heterocycles. The van der Waals surface area contributed by atoms with Gasteiger partial charge in [-0.25, -0.2) is 4.98 Å². The molecule has 0 spiro atoms. The highest BCUT2D eigenvalue weighted by Gasteiger charge is 2.15. The fourth-order valence-electron chi connectivity index (χ4n) is 1.72. The van der Waals surface area contributed by atoms with E-state index in [0.29, 0.717) is 24.9 Å². The second kappa shape index (κ2) is 5.77. The highest BCUT2D eigenvalue weighted by atomic mass is 16.5. The van der Waals surface area contributed by atoms with Crippen LogP contribution in [0.3, 0.4) is 0 Å². The molecule has 0 radical (unpaired) electrons. The molecule has 0 aromatic carbocycles. The third-order valence-corrected chi connectivity index (χ3v) is 2.73. The van der Waals surface area contributed by atoms with Gasteiger partial charge in [-0.05, 0) is 18.8 Å². The molecule has 0 unspecified atom stereocenters. The predicted molar refractivity (Wildman–Crippen MR) is 59.0 cm³/mol. The maximum absolute atomic E-state index is 5.66. The summed E-state index contributed by atoms with van der Waals surface area (Å²) in [6.45, 7) is 2.70. The van der Waals surface area contributed by atoms with Crippen molar-refractivity contribution in [2.75, 3.05) is 19.8 Å². The van der Waals surface area contributed by atoms with Gasteiger partial charge in [-0.3, -0.25) is 4.98 Å². The Hall–Kier alpha value is -1.20. The Balaban J connectivity index is 1.88. The molecule has 1 saturated heterocycles. The quantitative estimate of drug-likeness (QED) is 0.815. The molecule has 88 valence electrons. The van der Waals surface area contributed by atoms with Crippen LogP contribution in [0.5, 0.6) is 5.88 Å². The number of rotatable bonds is 4. The van der Waals surface area contributed by atoms with E-state index in [0.717, 1.165) is 31.7 Å². The molecule has 16 heavy (non-hydrogen) atoms. The molecular formula is C11H17N3O2. The third-order valence-electron chi connectivity index (χ3n) is 2.73. The van der Waals surface area contributed by atoms with Crippen molar-refractivity contribution < 1.29 is 9.47 Å². The normalized spacial score (nSPS) is 17.3. The van der Waals surface area contributed by atoms with E-state index in [9.17, 15) is 0 Å². The lowest BCUT2D eigenvalue weighted by Gasteiger charge is -2.22. The smallest absolute Gasteiger partial charge is 0.236 e. The van der Waals surface area contributed by atoms with Crippen LogP contribution >= 0.6 is 0 Å². The molecule has 2 rings (SSSR count). The molecule has 1 aromatic heterocycles. The molecule has 1 aliphatic heterocycles. The molecule has 1 fully saturated rings. The van der Waals surface area contributed by atoms with Crippen molar-refractivity contribution in [2.45, 2.75) is 19.4 Å². The fourth-order valence-corrected chi connectivity index (χ4v) is 1.72. The van der Waals surface area contributed by atoms with Crippen molar-refractivity contribution >= 4 is 0 Å². The van der Waals surface area contributed by atoms with E-state index in [4.69, 9.17) is 15.2 Å². The summed E-state index contributed by atoms with van der Waals surface area (Å²) in [5, 5.41) is 0. The Morgan fingerprint density at radius 3 is 2.81 bits per heavy atom. The van der Waals surface area contributed by atoms with Gasteiger partial charge in [-0.2, -0.15) is 0 Å². The van der Waals surface area contributed by atoms with Gasteiger partial charge in [0.15, 0.2) is 0 Å². The second-order valence-corrected chi connectivity index (χ2v) is 3.88. The first-order valence-electron chi connectivity index (χ1n) is 5.60. The molecule has 0 saturated carbocycles. The Morgan fingerprint density at radius 1 is 1.31 bits per heavy atom. The molecule has 1 aromatic rings. The number of hydrogen-bond donors (Lipinski definition) is 1. The second-order valence-electron chi connectivity index (χ2n) is 3.88. The average molecular weight is 223 g/mol. The van der Waals surface area contributed by atoms with E-state index in [2.05, 4.69) is 9.97 Å². The van der Waals surface area contributed by atoms with Crippen molar-refractivity contribution in [3.05, 3.63) is 18.1 Å². The average Bonchev–Trinajstić information content (AvgIpc) is 2.38. The third kappa shape index (κ3) is 2.90. The first-order valence-corrected chi connectivity index (χ1v) is 5.60. The molecule has 0 atom stereocenters. The fraction of sp³-hybridized carbons (Fsp3) is 0.636. The summed E-state index contributed by atoms with van der Waals surface area (Å²) in [7, 11) is 0. The SMILES string of the molecule is NCc1nccnc1OCC1CCOCC1. The van der Waals surface area contributed by atoms with Gasteiger partial charge in [0, 0.05) is 32.2 Å². The molecular weight excluding hydrogens is 206 g/mol. The lowest BCUT2D eigenvalue weighted by atomic mass is 10.0. The maximum Gasteiger partial charge on any atom is 0.236 e. The van der Waals surface area contributed by atoms with Gasteiger partial charge in [0.1, 0.15) is 5.69 Å². The van der Waals surface area contributed by atoms with Crippen LogP contribution in [0, 0.1) is 5.92 Å². The molecule has 0 amide bonds. The van der Waals surface area contributed by atoms with Gasteiger partial charge in [0.2, 0.25) is 5.88 Å². The molecule has 0 bridgehead atoms. The predicted octanol–water partition coefficient (Wildman–Crippen LogP) is 0.741. The molecule has 2 N–H and O–H groups in total.